The van der Waals surface area contributed by atoms with Crippen LogP contribution in [0.25, 0.3) is 0 Å². The van der Waals surface area contributed by atoms with Gasteiger partial charge in [-0.2, -0.15) is 0 Å². The molecule has 2 rings (SSSR count). The zero-order chi connectivity index (χ0) is 10.0. The van der Waals surface area contributed by atoms with Crippen molar-refractivity contribution in [3.8, 4) is 0 Å². The molecule has 2 aliphatic heterocycles. The summed E-state index contributed by atoms with van der Waals surface area (Å²) in [5.41, 5.74) is 0.752. The fourth-order valence-electron chi connectivity index (χ4n) is 2.72. The van der Waals surface area contributed by atoms with Gasteiger partial charge in [0, 0.05) is 0 Å². The van der Waals surface area contributed by atoms with Crippen molar-refractivity contribution in [1.82, 2.24) is 8.01 Å². The summed E-state index contributed by atoms with van der Waals surface area (Å²) in [5.74, 6) is 0. The van der Waals surface area contributed by atoms with Gasteiger partial charge in [0.15, 0.2) is 0 Å². The molecule has 0 saturated carbocycles. The first-order chi connectivity index (χ1) is 6.74. The van der Waals surface area contributed by atoms with E-state index in [1.165, 1.54) is 51.9 Å². The molecule has 2 aliphatic rings. The molecule has 14 heavy (non-hydrogen) atoms. The molecule has 0 aromatic rings. The second kappa shape index (κ2) is 4.66. The van der Waals surface area contributed by atoms with Crippen molar-refractivity contribution in [3.63, 3.8) is 0 Å². The molecule has 0 aromatic carbocycles. The number of likely N-dealkylation sites (tertiary alicyclic amines) is 1. The van der Waals surface area contributed by atoms with E-state index in [1.807, 2.05) is 0 Å². The third-order valence-electron chi connectivity index (χ3n) is 4.06. The molecule has 0 unspecified atom stereocenters. The molecule has 0 amide bonds. The first-order valence-corrected chi connectivity index (χ1v) is 8.80. The van der Waals surface area contributed by atoms with E-state index in [9.17, 15) is 0 Å². The number of alkyl halides is 1. The van der Waals surface area contributed by atoms with E-state index >= 15 is 0 Å². The second-order valence-electron chi connectivity index (χ2n) is 4.88. The van der Waals surface area contributed by atoms with E-state index in [1.54, 1.807) is 0 Å². The van der Waals surface area contributed by atoms with E-state index in [4.69, 9.17) is 0 Å². The molecule has 1 spiro atoms. The van der Waals surface area contributed by atoms with Crippen molar-refractivity contribution in [2.75, 3.05) is 38.2 Å². The summed E-state index contributed by atoms with van der Waals surface area (Å²) in [5, 5.41) is 0. The molecular formula is C11H22IN2-. The van der Waals surface area contributed by atoms with Crippen molar-refractivity contribution in [2.45, 2.75) is 25.7 Å². The summed E-state index contributed by atoms with van der Waals surface area (Å²) in [6, 6.07) is 0. The van der Waals surface area contributed by atoms with Crippen LogP contribution in [0.5, 0.6) is 0 Å². The Kier molecular flexibility index (Phi) is 3.71. The zero-order valence-corrected chi connectivity index (χ0v) is 11.6. The van der Waals surface area contributed by atoms with Crippen molar-refractivity contribution in [2.24, 2.45) is 5.41 Å². The molecule has 0 N–H and O–H groups in total. The van der Waals surface area contributed by atoms with Crippen LogP contribution in [0.3, 0.4) is 0 Å². The predicted octanol–water partition coefficient (Wildman–Crippen LogP) is -1.57. The number of nitrogens with zero attached hydrogens (tertiary/aromatic N) is 2. The number of hydrogen-bond acceptors (Lipinski definition) is 2. The molecule has 2 heterocycles. The monoisotopic (exact) mass is 309 g/mol. The number of halogens is 1. The van der Waals surface area contributed by atoms with Crippen LogP contribution in [0, 0.1) is 5.41 Å². The maximum absolute atomic E-state index is 2.71. The zero-order valence-electron chi connectivity index (χ0n) is 9.43. The van der Waals surface area contributed by atoms with Crippen molar-refractivity contribution >= 4 is 0 Å². The molecule has 0 bridgehead atoms. The average Bonchev–Trinajstić information content (AvgIpc) is 2.24. The van der Waals surface area contributed by atoms with E-state index in [0.717, 1.165) is 5.41 Å². The van der Waals surface area contributed by atoms with Crippen LogP contribution in [0.1, 0.15) is 25.7 Å². The van der Waals surface area contributed by atoms with Gasteiger partial charge in [0.25, 0.3) is 0 Å². The summed E-state index contributed by atoms with van der Waals surface area (Å²) in [7, 11) is 2.26. The molecule has 0 aliphatic carbocycles. The Hall–Kier alpha value is 0.650. The SMILES string of the molecule is C[I-]N1CCC2(CCN(C)CC2)CC1. The van der Waals surface area contributed by atoms with Gasteiger partial charge in [0.2, 0.25) is 0 Å². The molecule has 84 valence electrons. The molecule has 3 heteroatoms. The van der Waals surface area contributed by atoms with Gasteiger partial charge < -0.3 is 0 Å². The van der Waals surface area contributed by atoms with Gasteiger partial charge >= 0.3 is 98.7 Å². The topological polar surface area (TPSA) is 6.48 Å². The first-order valence-electron chi connectivity index (χ1n) is 5.67. The van der Waals surface area contributed by atoms with Crippen molar-refractivity contribution in [1.29, 1.82) is 0 Å². The third kappa shape index (κ3) is 2.42. The molecule has 2 fully saturated rings. The first kappa shape index (κ1) is 11.1. The third-order valence-corrected chi connectivity index (χ3v) is 6.39. The van der Waals surface area contributed by atoms with Crippen molar-refractivity contribution in [3.05, 3.63) is 0 Å². The van der Waals surface area contributed by atoms with Crippen LogP contribution in [0.2, 0.25) is 0 Å². The standard InChI is InChI=1S/C11H22IN2/c1-12-14-9-5-11(6-10-14)3-7-13(2)8-4-11/h3-10H2,1-2H3/q-1. The average molecular weight is 309 g/mol. The van der Waals surface area contributed by atoms with Crippen LogP contribution in [-0.4, -0.2) is 46.2 Å². The fourth-order valence-corrected chi connectivity index (χ4v) is 4.16. The Morgan fingerprint density at radius 1 is 0.929 bits per heavy atom. The summed E-state index contributed by atoms with van der Waals surface area (Å²) >= 11 is 0.361. The summed E-state index contributed by atoms with van der Waals surface area (Å²) in [6.45, 7) is 5.46. The number of rotatable bonds is 1. The Bertz CT molecular complexity index is 178. The number of piperidine rings is 2. The van der Waals surface area contributed by atoms with Gasteiger partial charge in [-0.05, 0) is 0 Å². The number of hydrogen-bond donors (Lipinski definition) is 0. The Morgan fingerprint density at radius 2 is 1.43 bits per heavy atom. The normalized spacial score (nSPS) is 29.9. The van der Waals surface area contributed by atoms with E-state index < -0.39 is 0 Å². The second-order valence-corrected chi connectivity index (χ2v) is 7.21. The Balaban J connectivity index is 1.86. The van der Waals surface area contributed by atoms with Crippen LogP contribution in [0.15, 0.2) is 0 Å². The van der Waals surface area contributed by atoms with E-state index in [-0.39, 0.29) is 0 Å². The maximum atomic E-state index is 2.71. The van der Waals surface area contributed by atoms with E-state index in [2.05, 4.69) is 20.0 Å². The van der Waals surface area contributed by atoms with Gasteiger partial charge in [-0.3, -0.25) is 0 Å². The molecule has 0 atom stereocenters. The summed E-state index contributed by atoms with van der Waals surface area (Å²) in [6.07, 6.45) is 5.88. The Labute approximate surface area is 98.6 Å². The Morgan fingerprint density at radius 3 is 1.93 bits per heavy atom. The van der Waals surface area contributed by atoms with Gasteiger partial charge in [0.1, 0.15) is 0 Å². The van der Waals surface area contributed by atoms with Gasteiger partial charge in [-0.15, -0.1) is 0 Å². The molecule has 2 saturated heterocycles. The quantitative estimate of drug-likeness (QED) is 0.328. The molecule has 2 nitrogen and oxygen atoms in total. The predicted molar refractivity (Wildman–Crippen MR) is 55.9 cm³/mol. The summed E-state index contributed by atoms with van der Waals surface area (Å²) in [4.78, 5) is 4.88. The van der Waals surface area contributed by atoms with E-state index in [0.29, 0.717) is 21.5 Å². The van der Waals surface area contributed by atoms with Crippen molar-refractivity contribution < 1.29 is 21.5 Å². The molecule has 0 aromatic heterocycles. The minimum absolute atomic E-state index is 0.361. The fraction of sp³-hybridized carbons (Fsp3) is 1.00. The van der Waals surface area contributed by atoms with Gasteiger partial charge in [-0.25, -0.2) is 0 Å². The molecular weight excluding hydrogens is 287 g/mol. The van der Waals surface area contributed by atoms with Crippen LogP contribution < -0.4 is 21.5 Å². The minimum atomic E-state index is 0.361. The summed E-state index contributed by atoms with van der Waals surface area (Å²) < 4.78 is 2.71. The van der Waals surface area contributed by atoms with Gasteiger partial charge in [-0.1, -0.05) is 0 Å². The van der Waals surface area contributed by atoms with Crippen LogP contribution >= 0.6 is 0 Å². The van der Waals surface area contributed by atoms with Crippen LogP contribution in [0.4, 0.5) is 0 Å². The van der Waals surface area contributed by atoms with Crippen LogP contribution in [-0.2, 0) is 0 Å². The van der Waals surface area contributed by atoms with Gasteiger partial charge in [0.05, 0.1) is 0 Å². The molecule has 0 radical (unpaired) electrons.